The van der Waals surface area contributed by atoms with Crippen molar-refractivity contribution in [3.05, 3.63) is 70.8 Å². The predicted molar refractivity (Wildman–Crippen MR) is 96.2 cm³/mol. The fourth-order valence-electron chi connectivity index (χ4n) is 2.48. The molecule has 2 aromatic carbocycles. The second-order valence-electron chi connectivity index (χ2n) is 5.99. The molecule has 0 saturated carbocycles. The lowest BCUT2D eigenvalue weighted by Gasteiger charge is -2.25. The van der Waals surface area contributed by atoms with Crippen molar-refractivity contribution in [2.75, 3.05) is 0 Å². The Morgan fingerprint density at radius 3 is 2.54 bits per heavy atom. The zero-order valence-electron chi connectivity index (χ0n) is 14.3. The van der Waals surface area contributed by atoms with E-state index in [1.165, 1.54) is 17.0 Å². The molecule has 0 unspecified atom stereocenters. The van der Waals surface area contributed by atoms with Crippen molar-refractivity contribution in [2.24, 2.45) is 0 Å². The van der Waals surface area contributed by atoms with Crippen molar-refractivity contribution in [1.29, 1.82) is 0 Å². The Hall–Kier alpha value is -2.73. The number of amides is 1. The van der Waals surface area contributed by atoms with Crippen molar-refractivity contribution in [3.8, 4) is 11.5 Å². The molecule has 3 rings (SSSR count). The maximum atomic E-state index is 14.0. The van der Waals surface area contributed by atoms with Gasteiger partial charge in [-0.15, -0.1) is 10.2 Å². The fraction of sp³-hybridized carbons (Fsp3) is 0.211. The van der Waals surface area contributed by atoms with E-state index in [-0.39, 0.29) is 29.9 Å². The van der Waals surface area contributed by atoms with Crippen LogP contribution in [0.25, 0.3) is 11.5 Å². The van der Waals surface area contributed by atoms with Gasteiger partial charge in [0.05, 0.1) is 22.7 Å². The van der Waals surface area contributed by atoms with E-state index in [0.717, 1.165) is 0 Å². The van der Waals surface area contributed by atoms with E-state index in [4.69, 9.17) is 16.0 Å². The molecular formula is C19H17ClFN3O2. The fourth-order valence-corrected chi connectivity index (χ4v) is 2.70. The first-order valence-corrected chi connectivity index (χ1v) is 8.48. The highest BCUT2D eigenvalue weighted by atomic mass is 35.5. The van der Waals surface area contributed by atoms with E-state index in [2.05, 4.69) is 10.2 Å². The normalized spacial score (nSPS) is 11.0. The summed E-state index contributed by atoms with van der Waals surface area (Å²) in [6.45, 7) is 3.75. The SMILES string of the molecule is CC(C)N(Cc1nnc(-c2ccccc2Cl)o1)C(=O)c1ccccc1F. The number of carbonyl (C=O) groups is 1. The maximum Gasteiger partial charge on any atom is 0.257 e. The van der Waals surface area contributed by atoms with Crippen LogP contribution < -0.4 is 0 Å². The zero-order chi connectivity index (χ0) is 18.7. The summed E-state index contributed by atoms with van der Waals surface area (Å²) in [4.78, 5) is 14.2. The van der Waals surface area contributed by atoms with Crippen LogP contribution in [0.3, 0.4) is 0 Å². The molecular weight excluding hydrogens is 357 g/mol. The second kappa shape index (κ2) is 7.66. The average Bonchev–Trinajstić information content (AvgIpc) is 3.08. The van der Waals surface area contributed by atoms with Gasteiger partial charge < -0.3 is 9.32 Å². The minimum atomic E-state index is -0.564. The van der Waals surface area contributed by atoms with Gasteiger partial charge in [0.1, 0.15) is 5.82 Å². The van der Waals surface area contributed by atoms with Crippen LogP contribution in [0.1, 0.15) is 30.1 Å². The molecule has 0 bridgehead atoms. The van der Waals surface area contributed by atoms with Crippen LogP contribution in [-0.2, 0) is 6.54 Å². The van der Waals surface area contributed by atoms with E-state index < -0.39 is 11.7 Å². The van der Waals surface area contributed by atoms with E-state index in [0.29, 0.717) is 10.6 Å². The highest BCUT2D eigenvalue weighted by molar-refractivity contribution is 6.33. The van der Waals surface area contributed by atoms with E-state index >= 15 is 0 Å². The number of rotatable bonds is 5. The van der Waals surface area contributed by atoms with Gasteiger partial charge in [-0.25, -0.2) is 4.39 Å². The number of benzene rings is 2. The quantitative estimate of drug-likeness (QED) is 0.656. The van der Waals surface area contributed by atoms with Crippen LogP contribution >= 0.6 is 11.6 Å². The molecule has 0 atom stereocenters. The molecule has 134 valence electrons. The Balaban J connectivity index is 1.85. The first-order chi connectivity index (χ1) is 12.5. The van der Waals surface area contributed by atoms with Crippen molar-refractivity contribution in [3.63, 3.8) is 0 Å². The number of halogens is 2. The lowest BCUT2D eigenvalue weighted by atomic mass is 10.1. The first kappa shape index (κ1) is 18.1. The van der Waals surface area contributed by atoms with Crippen molar-refractivity contribution in [2.45, 2.75) is 26.4 Å². The highest BCUT2D eigenvalue weighted by Gasteiger charge is 2.24. The largest absolute Gasteiger partial charge is 0.419 e. The predicted octanol–water partition coefficient (Wildman–Crippen LogP) is 4.58. The highest BCUT2D eigenvalue weighted by Crippen LogP contribution is 2.26. The van der Waals surface area contributed by atoms with Gasteiger partial charge in [0.15, 0.2) is 0 Å². The third-order valence-corrected chi connectivity index (χ3v) is 4.19. The molecule has 0 N–H and O–H groups in total. The van der Waals surface area contributed by atoms with Crippen LogP contribution in [0, 0.1) is 5.82 Å². The summed E-state index contributed by atoms with van der Waals surface area (Å²) in [5.41, 5.74) is 0.622. The molecule has 0 spiro atoms. The number of hydrogen-bond acceptors (Lipinski definition) is 4. The Bertz CT molecular complexity index is 926. The van der Waals surface area contributed by atoms with Gasteiger partial charge in [-0.1, -0.05) is 35.9 Å². The summed E-state index contributed by atoms with van der Waals surface area (Å²) in [7, 11) is 0. The van der Waals surface area contributed by atoms with Crippen molar-refractivity contribution < 1.29 is 13.6 Å². The molecule has 5 nitrogen and oxygen atoms in total. The van der Waals surface area contributed by atoms with Gasteiger partial charge in [0, 0.05) is 6.04 Å². The second-order valence-corrected chi connectivity index (χ2v) is 6.39. The lowest BCUT2D eigenvalue weighted by Crippen LogP contribution is -2.37. The van der Waals surface area contributed by atoms with Gasteiger partial charge in [-0.05, 0) is 38.1 Å². The molecule has 0 aliphatic rings. The molecule has 1 aromatic heterocycles. The standard InChI is InChI=1S/C19H17ClFN3O2/c1-12(2)24(19(25)14-8-4-6-10-16(14)21)11-17-22-23-18(26-17)13-7-3-5-9-15(13)20/h3-10,12H,11H2,1-2H3. The number of aromatic nitrogens is 2. The van der Waals surface area contributed by atoms with Crippen molar-refractivity contribution >= 4 is 17.5 Å². The molecule has 0 radical (unpaired) electrons. The van der Waals surface area contributed by atoms with Gasteiger partial charge in [-0.3, -0.25) is 4.79 Å². The molecule has 3 aromatic rings. The van der Waals surface area contributed by atoms with Crippen LogP contribution in [0.2, 0.25) is 5.02 Å². The number of nitrogens with zero attached hydrogens (tertiary/aromatic N) is 3. The molecule has 7 heteroatoms. The molecule has 0 saturated heterocycles. The van der Waals surface area contributed by atoms with Crippen LogP contribution in [0.15, 0.2) is 52.9 Å². The summed E-state index contributed by atoms with van der Waals surface area (Å²) in [6, 6.07) is 12.8. The van der Waals surface area contributed by atoms with Crippen LogP contribution in [-0.4, -0.2) is 27.0 Å². The minimum Gasteiger partial charge on any atom is -0.419 e. The zero-order valence-corrected chi connectivity index (χ0v) is 15.1. The van der Waals surface area contributed by atoms with Gasteiger partial charge in [-0.2, -0.15) is 0 Å². The summed E-state index contributed by atoms with van der Waals surface area (Å²) in [5.74, 6) is -0.480. The van der Waals surface area contributed by atoms with Gasteiger partial charge in [0.25, 0.3) is 5.91 Å². The number of carbonyl (C=O) groups excluding carboxylic acids is 1. The average molecular weight is 374 g/mol. The Morgan fingerprint density at radius 2 is 1.85 bits per heavy atom. The van der Waals surface area contributed by atoms with Crippen LogP contribution in [0.4, 0.5) is 4.39 Å². The van der Waals surface area contributed by atoms with Crippen molar-refractivity contribution in [1.82, 2.24) is 15.1 Å². The molecule has 26 heavy (non-hydrogen) atoms. The number of hydrogen-bond donors (Lipinski definition) is 0. The smallest absolute Gasteiger partial charge is 0.257 e. The topological polar surface area (TPSA) is 59.2 Å². The monoisotopic (exact) mass is 373 g/mol. The summed E-state index contributed by atoms with van der Waals surface area (Å²) < 4.78 is 19.6. The third kappa shape index (κ3) is 3.75. The summed E-state index contributed by atoms with van der Waals surface area (Å²) in [6.07, 6.45) is 0. The molecule has 0 fully saturated rings. The molecule has 1 heterocycles. The first-order valence-electron chi connectivity index (χ1n) is 8.10. The third-order valence-electron chi connectivity index (χ3n) is 3.87. The molecule has 1 amide bonds. The summed E-state index contributed by atoms with van der Waals surface area (Å²) >= 11 is 6.14. The Kier molecular flexibility index (Phi) is 5.32. The maximum absolute atomic E-state index is 14.0. The minimum absolute atomic E-state index is 0.00652. The van der Waals surface area contributed by atoms with Gasteiger partial charge >= 0.3 is 0 Å². The van der Waals surface area contributed by atoms with E-state index in [1.807, 2.05) is 19.9 Å². The van der Waals surface area contributed by atoms with Crippen LogP contribution in [0.5, 0.6) is 0 Å². The Labute approximate surface area is 155 Å². The van der Waals surface area contributed by atoms with E-state index in [9.17, 15) is 9.18 Å². The lowest BCUT2D eigenvalue weighted by molar-refractivity contribution is 0.0667. The Morgan fingerprint density at radius 1 is 1.15 bits per heavy atom. The van der Waals surface area contributed by atoms with E-state index in [1.54, 1.807) is 30.3 Å². The summed E-state index contributed by atoms with van der Waals surface area (Å²) in [5, 5.41) is 8.48. The molecule has 0 aliphatic carbocycles. The van der Waals surface area contributed by atoms with Gasteiger partial charge in [0.2, 0.25) is 11.8 Å². The molecule has 0 aliphatic heterocycles.